The Balaban J connectivity index is 3.24. The second kappa shape index (κ2) is 5.74. The molecule has 0 aliphatic carbocycles. The van der Waals surface area contributed by atoms with Crippen molar-refractivity contribution < 1.29 is 17.9 Å². The van der Waals surface area contributed by atoms with Gasteiger partial charge in [0.05, 0.1) is 5.56 Å². The molecule has 1 nitrogen and oxygen atoms in total. The van der Waals surface area contributed by atoms with Gasteiger partial charge in [0.15, 0.2) is 0 Å². The fraction of sp³-hybridized carbons (Fsp3) is 0.529. The van der Waals surface area contributed by atoms with Gasteiger partial charge in [0.1, 0.15) is 11.4 Å². The maximum Gasteiger partial charge on any atom is 0.419 e. The number of benzene rings is 1. The summed E-state index contributed by atoms with van der Waals surface area (Å²) < 4.78 is 45.2. The molecule has 0 spiro atoms. The summed E-state index contributed by atoms with van der Waals surface area (Å²) in [6, 6.07) is 4.27. The van der Waals surface area contributed by atoms with Gasteiger partial charge in [-0.1, -0.05) is 33.4 Å². The quantitative estimate of drug-likeness (QED) is 0.654. The summed E-state index contributed by atoms with van der Waals surface area (Å²) >= 11 is 0. The van der Waals surface area contributed by atoms with Crippen LogP contribution in [0, 0.1) is 5.41 Å². The number of alkyl halides is 3. The van der Waals surface area contributed by atoms with E-state index < -0.39 is 17.3 Å². The summed E-state index contributed by atoms with van der Waals surface area (Å²) in [5.41, 5.74) is -1.02. The molecule has 21 heavy (non-hydrogen) atoms. The second-order valence-corrected chi connectivity index (χ2v) is 6.98. The highest BCUT2D eigenvalue weighted by molar-refractivity contribution is 5.40. The molecule has 0 atom stereocenters. The average molecular weight is 300 g/mol. The maximum atomic E-state index is 13.2. The molecule has 0 radical (unpaired) electrons. The van der Waals surface area contributed by atoms with Crippen molar-refractivity contribution in [1.82, 2.24) is 0 Å². The molecule has 0 amide bonds. The molecule has 0 unspecified atom stereocenters. The number of halogens is 3. The van der Waals surface area contributed by atoms with E-state index in [2.05, 4.69) is 6.58 Å². The van der Waals surface area contributed by atoms with Crippen LogP contribution >= 0.6 is 0 Å². The Labute approximate surface area is 124 Å². The van der Waals surface area contributed by atoms with Gasteiger partial charge in [-0.25, -0.2) is 0 Å². The molecular formula is C17H23F3O. The van der Waals surface area contributed by atoms with E-state index in [9.17, 15) is 13.2 Å². The molecule has 0 saturated carbocycles. The van der Waals surface area contributed by atoms with Gasteiger partial charge in [-0.15, -0.1) is 0 Å². The Morgan fingerprint density at radius 1 is 1.10 bits per heavy atom. The van der Waals surface area contributed by atoms with E-state index in [-0.39, 0.29) is 11.2 Å². The molecule has 0 aliphatic rings. The molecule has 1 aromatic rings. The van der Waals surface area contributed by atoms with Gasteiger partial charge < -0.3 is 4.74 Å². The van der Waals surface area contributed by atoms with E-state index >= 15 is 0 Å². The van der Waals surface area contributed by atoms with Crippen LogP contribution in [0.1, 0.15) is 45.7 Å². The molecule has 0 N–H and O–H groups in total. The standard InChI is InChI=1S/C17H23F3O/c1-7-16(5,6)21-14-9-8-12(11-15(2,3)4)10-13(14)17(18,19)20/h7-10H,1,11H2,2-6H3. The van der Waals surface area contributed by atoms with Gasteiger partial charge in [0.25, 0.3) is 0 Å². The normalized spacial score (nSPS) is 13.1. The van der Waals surface area contributed by atoms with E-state index in [0.29, 0.717) is 12.0 Å². The molecular weight excluding hydrogens is 277 g/mol. The number of hydrogen-bond donors (Lipinski definition) is 0. The fourth-order valence-electron chi connectivity index (χ4n) is 1.94. The SMILES string of the molecule is C=CC(C)(C)Oc1ccc(CC(C)(C)C)cc1C(F)(F)F. The van der Waals surface area contributed by atoms with Crippen LogP contribution in [0.15, 0.2) is 30.9 Å². The Bertz CT molecular complexity index is 508. The highest BCUT2D eigenvalue weighted by Gasteiger charge is 2.36. The van der Waals surface area contributed by atoms with Crippen LogP contribution in [0.3, 0.4) is 0 Å². The van der Waals surface area contributed by atoms with E-state index in [1.807, 2.05) is 20.8 Å². The molecule has 0 saturated heterocycles. The van der Waals surface area contributed by atoms with Crippen LogP contribution in [0.5, 0.6) is 5.75 Å². The minimum Gasteiger partial charge on any atom is -0.483 e. The first-order valence-corrected chi connectivity index (χ1v) is 6.87. The minimum absolute atomic E-state index is 0.0777. The van der Waals surface area contributed by atoms with Crippen molar-refractivity contribution in [3.8, 4) is 5.75 Å². The summed E-state index contributed by atoms with van der Waals surface area (Å²) in [6.07, 6.45) is -2.39. The van der Waals surface area contributed by atoms with Gasteiger partial charge >= 0.3 is 6.18 Å². The van der Waals surface area contributed by atoms with Crippen molar-refractivity contribution >= 4 is 0 Å². The highest BCUT2D eigenvalue weighted by Crippen LogP contribution is 2.39. The largest absolute Gasteiger partial charge is 0.483 e. The lowest BCUT2D eigenvalue weighted by molar-refractivity contribution is -0.139. The van der Waals surface area contributed by atoms with Gasteiger partial charge in [0.2, 0.25) is 0 Å². The molecule has 0 bridgehead atoms. The van der Waals surface area contributed by atoms with Crippen LogP contribution < -0.4 is 4.74 Å². The first-order valence-electron chi connectivity index (χ1n) is 6.87. The predicted octanol–water partition coefficient (Wildman–Crippen LogP) is 5.64. The maximum absolute atomic E-state index is 13.2. The Kier molecular flexibility index (Phi) is 4.81. The van der Waals surface area contributed by atoms with Crippen LogP contribution in [0.25, 0.3) is 0 Å². The van der Waals surface area contributed by atoms with Crippen molar-refractivity contribution in [3.63, 3.8) is 0 Å². The Hall–Kier alpha value is -1.45. The zero-order chi connectivity index (χ0) is 16.5. The topological polar surface area (TPSA) is 9.23 Å². The lowest BCUT2D eigenvalue weighted by atomic mass is 9.87. The highest BCUT2D eigenvalue weighted by atomic mass is 19.4. The Morgan fingerprint density at radius 2 is 1.67 bits per heavy atom. The zero-order valence-electron chi connectivity index (χ0n) is 13.3. The van der Waals surface area contributed by atoms with E-state index in [0.717, 1.165) is 0 Å². The van der Waals surface area contributed by atoms with Gasteiger partial charge in [-0.3, -0.25) is 0 Å². The van der Waals surface area contributed by atoms with E-state index in [1.54, 1.807) is 19.9 Å². The van der Waals surface area contributed by atoms with Crippen LogP contribution in [0.4, 0.5) is 13.2 Å². The van der Waals surface area contributed by atoms with Crippen LogP contribution in [-0.4, -0.2) is 5.60 Å². The summed E-state index contributed by atoms with van der Waals surface area (Å²) in [7, 11) is 0. The van der Waals surface area contributed by atoms with Crippen molar-refractivity contribution in [1.29, 1.82) is 0 Å². The van der Waals surface area contributed by atoms with Crippen LogP contribution in [-0.2, 0) is 12.6 Å². The summed E-state index contributed by atoms with van der Waals surface area (Å²) in [4.78, 5) is 0. The van der Waals surface area contributed by atoms with Gasteiger partial charge in [-0.05, 0) is 49.5 Å². The van der Waals surface area contributed by atoms with Crippen molar-refractivity contribution in [2.75, 3.05) is 0 Å². The lowest BCUT2D eigenvalue weighted by Crippen LogP contribution is -2.26. The summed E-state index contributed by atoms with van der Waals surface area (Å²) in [5.74, 6) is -0.162. The molecule has 1 aromatic carbocycles. The lowest BCUT2D eigenvalue weighted by Gasteiger charge is -2.26. The molecule has 0 aromatic heterocycles. The molecule has 118 valence electrons. The van der Waals surface area contributed by atoms with Crippen molar-refractivity contribution in [3.05, 3.63) is 42.0 Å². The number of ether oxygens (including phenoxy) is 1. The average Bonchev–Trinajstić information content (AvgIpc) is 2.27. The first-order chi connectivity index (χ1) is 9.34. The monoisotopic (exact) mass is 300 g/mol. The molecule has 1 rings (SSSR count). The third kappa shape index (κ3) is 5.44. The molecule has 0 fully saturated rings. The van der Waals surface area contributed by atoms with Crippen LogP contribution in [0.2, 0.25) is 0 Å². The van der Waals surface area contributed by atoms with Gasteiger partial charge in [0, 0.05) is 0 Å². The summed E-state index contributed by atoms with van der Waals surface area (Å²) in [6.45, 7) is 12.9. The molecule has 0 heterocycles. The Morgan fingerprint density at radius 3 is 2.10 bits per heavy atom. The zero-order valence-corrected chi connectivity index (χ0v) is 13.3. The molecule has 0 aliphatic heterocycles. The molecule has 4 heteroatoms. The predicted molar refractivity (Wildman–Crippen MR) is 79.5 cm³/mol. The first kappa shape index (κ1) is 17.6. The third-order valence-corrected chi connectivity index (χ3v) is 2.95. The minimum atomic E-state index is -4.44. The van der Waals surface area contributed by atoms with Crippen molar-refractivity contribution in [2.45, 2.75) is 52.8 Å². The third-order valence-electron chi connectivity index (χ3n) is 2.95. The van der Waals surface area contributed by atoms with Crippen molar-refractivity contribution in [2.24, 2.45) is 5.41 Å². The van der Waals surface area contributed by atoms with Gasteiger partial charge in [-0.2, -0.15) is 13.2 Å². The fourth-order valence-corrected chi connectivity index (χ4v) is 1.94. The second-order valence-electron chi connectivity index (χ2n) is 6.98. The number of hydrogen-bond acceptors (Lipinski definition) is 1. The smallest absolute Gasteiger partial charge is 0.419 e. The van der Waals surface area contributed by atoms with E-state index in [1.165, 1.54) is 18.2 Å². The summed E-state index contributed by atoms with van der Waals surface area (Å²) in [5, 5.41) is 0. The van der Waals surface area contributed by atoms with E-state index in [4.69, 9.17) is 4.74 Å². The number of rotatable bonds is 4.